The molecule has 1 aliphatic rings. The third kappa shape index (κ3) is 4.46. The quantitative estimate of drug-likeness (QED) is 0.627. The van der Waals surface area contributed by atoms with Crippen LogP contribution < -0.4 is 0 Å². The van der Waals surface area contributed by atoms with Crippen LogP contribution in [0.15, 0.2) is 23.8 Å². The Morgan fingerprint density at radius 1 is 1.50 bits per heavy atom. The minimum atomic E-state index is 0. The second-order valence-electron chi connectivity index (χ2n) is 3.37. The summed E-state index contributed by atoms with van der Waals surface area (Å²) in [6, 6.07) is 0. The van der Waals surface area contributed by atoms with Crippen LogP contribution in [0.1, 0.15) is 33.1 Å². The SMILES string of the molecule is Br.Br.C=C(C)C1CC=C(C)CC1. The van der Waals surface area contributed by atoms with E-state index in [0.717, 1.165) is 5.92 Å². The summed E-state index contributed by atoms with van der Waals surface area (Å²) in [5.41, 5.74) is 2.90. The molecular formula is C10H18Br2. The van der Waals surface area contributed by atoms with Gasteiger partial charge in [-0.15, -0.1) is 34.0 Å². The van der Waals surface area contributed by atoms with E-state index in [2.05, 4.69) is 26.5 Å². The van der Waals surface area contributed by atoms with Crippen molar-refractivity contribution in [3.8, 4) is 0 Å². The normalized spacial score (nSPS) is 21.5. The first kappa shape index (κ1) is 14.9. The van der Waals surface area contributed by atoms with Crippen molar-refractivity contribution in [2.75, 3.05) is 0 Å². The first-order valence-corrected chi connectivity index (χ1v) is 4.01. The Morgan fingerprint density at radius 3 is 2.42 bits per heavy atom. The Balaban J connectivity index is 0. The molecule has 0 fully saturated rings. The number of halogens is 2. The third-order valence-electron chi connectivity index (χ3n) is 2.33. The van der Waals surface area contributed by atoms with E-state index in [0.29, 0.717) is 0 Å². The Kier molecular flexibility index (Phi) is 8.59. The molecule has 0 heterocycles. The van der Waals surface area contributed by atoms with Gasteiger partial charge in [0.15, 0.2) is 0 Å². The van der Waals surface area contributed by atoms with Crippen molar-refractivity contribution < 1.29 is 0 Å². The molecule has 1 rings (SSSR count). The minimum absolute atomic E-state index is 0. The second-order valence-corrected chi connectivity index (χ2v) is 3.37. The molecule has 2 heteroatoms. The molecule has 0 nitrogen and oxygen atoms in total. The summed E-state index contributed by atoms with van der Waals surface area (Å²) < 4.78 is 0. The molecule has 0 radical (unpaired) electrons. The molecule has 0 spiro atoms. The van der Waals surface area contributed by atoms with Gasteiger partial charge in [0.25, 0.3) is 0 Å². The second kappa shape index (κ2) is 6.90. The number of allylic oxidation sites excluding steroid dienone is 3. The largest absolute Gasteiger partial charge is 0.114 e. The molecule has 72 valence electrons. The van der Waals surface area contributed by atoms with Gasteiger partial charge in [0.2, 0.25) is 0 Å². The molecule has 0 bridgehead atoms. The van der Waals surface area contributed by atoms with Crippen molar-refractivity contribution in [1.82, 2.24) is 0 Å². The van der Waals surface area contributed by atoms with Gasteiger partial charge in [-0.2, -0.15) is 0 Å². The minimum Gasteiger partial charge on any atom is -0.114 e. The summed E-state index contributed by atoms with van der Waals surface area (Å²) in [6.07, 6.45) is 6.17. The predicted molar refractivity (Wildman–Crippen MR) is 66.6 cm³/mol. The summed E-state index contributed by atoms with van der Waals surface area (Å²) in [5.74, 6) is 0.767. The summed E-state index contributed by atoms with van der Waals surface area (Å²) in [7, 11) is 0. The lowest BCUT2D eigenvalue weighted by Crippen LogP contribution is -2.04. The maximum atomic E-state index is 3.97. The van der Waals surface area contributed by atoms with Gasteiger partial charge < -0.3 is 0 Å². The van der Waals surface area contributed by atoms with Gasteiger partial charge in [0, 0.05) is 0 Å². The molecule has 0 aromatic rings. The van der Waals surface area contributed by atoms with Gasteiger partial charge in [-0.3, -0.25) is 0 Å². The average molecular weight is 298 g/mol. The van der Waals surface area contributed by atoms with E-state index < -0.39 is 0 Å². The van der Waals surface area contributed by atoms with Gasteiger partial charge in [-0.25, -0.2) is 0 Å². The smallest absolute Gasteiger partial charge is 0.0171 e. The highest BCUT2D eigenvalue weighted by Crippen LogP contribution is 2.27. The first-order chi connectivity index (χ1) is 4.70. The van der Waals surface area contributed by atoms with E-state index in [9.17, 15) is 0 Å². The van der Waals surface area contributed by atoms with Crippen molar-refractivity contribution in [2.45, 2.75) is 33.1 Å². The van der Waals surface area contributed by atoms with E-state index in [4.69, 9.17) is 0 Å². The maximum Gasteiger partial charge on any atom is -0.0171 e. The van der Waals surface area contributed by atoms with Gasteiger partial charge in [-0.1, -0.05) is 23.8 Å². The molecule has 1 unspecified atom stereocenters. The highest BCUT2D eigenvalue weighted by atomic mass is 79.9. The van der Waals surface area contributed by atoms with Crippen LogP contribution in [0.5, 0.6) is 0 Å². The van der Waals surface area contributed by atoms with E-state index in [1.165, 1.54) is 24.8 Å². The third-order valence-corrected chi connectivity index (χ3v) is 2.33. The van der Waals surface area contributed by atoms with E-state index in [1.807, 2.05) is 0 Å². The highest BCUT2D eigenvalue weighted by Gasteiger charge is 2.11. The highest BCUT2D eigenvalue weighted by molar-refractivity contribution is 8.93. The number of rotatable bonds is 1. The van der Waals surface area contributed by atoms with Crippen LogP contribution in [0, 0.1) is 5.92 Å². The molecule has 1 atom stereocenters. The molecule has 0 saturated heterocycles. The molecule has 12 heavy (non-hydrogen) atoms. The molecule has 0 aromatic carbocycles. The van der Waals surface area contributed by atoms with Gasteiger partial charge in [0.1, 0.15) is 0 Å². The van der Waals surface area contributed by atoms with Crippen molar-refractivity contribution in [2.24, 2.45) is 5.92 Å². The van der Waals surface area contributed by atoms with Crippen LogP contribution >= 0.6 is 34.0 Å². The van der Waals surface area contributed by atoms with E-state index in [-0.39, 0.29) is 34.0 Å². The zero-order chi connectivity index (χ0) is 7.56. The summed E-state index contributed by atoms with van der Waals surface area (Å²) in [5, 5.41) is 0. The lowest BCUT2D eigenvalue weighted by molar-refractivity contribution is 0.540. The number of hydrogen-bond donors (Lipinski definition) is 0. The van der Waals surface area contributed by atoms with Crippen molar-refractivity contribution in [3.05, 3.63) is 23.8 Å². The van der Waals surface area contributed by atoms with Crippen LogP contribution in [0.3, 0.4) is 0 Å². The van der Waals surface area contributed by atoms with Crippen molar-refractivity contribution >= 4 is 34.0 Å². The fourth-order valence-corrected chi connectivity index (χ4v) is 1.41. The number of hydrogen-bond acceptors (Lipinski definition) is 0. The van der Waals surface area contributed by atoms with Crippen LogP contribution in [0.25, 0.3) is 0 Å². The first-order valence-electron chi connectivity index (χ1n) is 4.01. The van der Waals surface area contributed by atoms with Crippen LogP contribution in [-0.2, 0) is 0 Å². The zero-order valence-electron chi connectivity index (χ0n) is 7.80. The van der Waals surface area contributed by atoms with E-state index in [1.54, 1.807) is 5.57 Å². The standard InChI is InChI=1S/C10H16.2BrH/c1-8(2)10-6-4-9(3)5-7-10;;/h4,10H,1,5-7H2,2-3H3;2*1H. The molecular weight excluding hydrogens is 280 g/mol. The molecule has 0 aliphatic heterocycles. The fraction of sp³-hybridized carbons (Fsp3) is 0.600. The lowest BCUT2D eigenvalue weighted by atomic mass is 9.86. The zero-order valence-corrected chi connectivity index (χ0v) is 11.2. The van der Waals surface area contributed by atoms with Gasteiger partial charge >= 0.3 is 0 Å². The molecule has 0 amide bonds. The predicted octanol–water partition coefficient (Wildman–Crippen LogP) is 4.46. The summed E-state index contributed by atoms with van der Waals surface area (Å²) in [6.45, 7) is 8.33. The van der Waals surface area contributed by atoms with Crippen molar-refractivity contribution in [3.63, 3.8) is 0 Å². The lowest BCUT2D eigenvalue weighted by Gasteiger charge is -2.19. The van der Waals surface area contributed by atoms with Gasteiger partial charge in [0.05, 0.1) is 0 Å². The summed E-state index contributed by atoms with van der Waals surface area (Å²) >= 11 is 0. The Hall–Kier alpha value is 0.440. The van der Waals surface area contributed by atoms with Crippen LogP contribution in [-0.4, -0.2) is 0 Å². The summed E-state index contributed by atoms with van der Waals surface area (Å²) in [4.78, 5) is 0. The van der Waals surface area contributed by atoms with E-state index >= 15 is 0 Å². The molecule has 0 aromatic heterocycles. The molecule has 1 aliphatic carbocycles. The van der Waals surface area contributed by atoms with Crippen LogP contribution in [0.4, 0.5) is 0 Å². The van der Waals surface area contributed by atoms with Gasteiger partial charge in [-0.05, 0) is 39.0 Å². The average Bonchev–Trinajstić information content (AvgIpc) is 1.88. The monoisotopic (exact) mass is 296 g/mol. The van der Waals surface area contributed by atoms with Crippen molar-refractivity contribution in [1.29, 1.82) is 0 Å². The molecule has 0 saturated carbocycles. The Bertz CT molecular complexity index is 171. The Labute approximate surface area is 96.7 Å². The fourth-order valence-electron chi connectivity index (χ4n) is 1.41. The Morgan fingerprint density at radius 2 is 2.08 bits per heavy atom. The topological polar surface area (TPSA) is 0 Å². The molecule has 0 N–H and O–H groups in total. The maximum absolute atomic E-state index is 3.97. The van der Waals surface area contributed by atoms with Crippen LogP contribution in [0.2, 0.25) is 0 Å².